The molecular weight excluding hydrogens is 541 g/mol. The predicted octanol–water partition coefficient (Wildman–Crippen LogP) is 4.10. The van der Waals surface area contributed by atoms with Crippen LogP contribution in [0.4, 0.5) is 13.2 Å². The molecule has 1 aliphatic rings. The first-order chi connectivity index (χ1) is 19.8. The highest BCUT2D eigenvalue weighted by Gasteiger charge is 2.46. The second-order valence-electron chi connectivity index (χ2n) is 9.44. The molecule has 2 N–H and O–H groups in total. The van der Waals surface area contributed by atoms with Gasteiger partial charge in [-0.2, -0.15) is 13.2 Å². The van der Waals surface area contributed by atoms with Crippen LogP contribution in [0.3, 0.4) is 0 Å². The van der Waals surface area contributed by atoms with Gasteiger partial charge in [0.25, 0.3) is 0 Å². The number of halogens is 3. The summed E-state index contributed by atoms with van der Waals surface area (Å²) >= 11 is 0. The molecule has 3 aromatic rings. The van der Waals surface area contributed by atoms with E-state index in [2.05, 4.69) is 0 Å². The zero-order valence-corrected chi connectivity index (χ0v) is 22.1. The highest BCUT2D eigenvalue weighted by molar-refractivity contribution is 5.86. The molecule has 0 bridgehead atoms. The normalized spacial score (nSPS) is 20.8. The Morgan fingerprint density at radius 2 is 1.22 bits per heavy atom. The van der Waals surface area contributed by atoms with Crippen molar-refractivity contribution in [2.75, 3.05) is 13.2 Å². The standard InChI is InChI=1S/C30H31F3N2O6/c31-30(32,33)29(37)35-34-28(36)24-19-39-25(20-38-16-21-10-4-1-5-11-21)27(41-18-23-14-8-3-9-15-23)26(24)40-17-22-12-6-2-7-13-22/h1-15,24-27H,16-20H2,(H,34,36)(H,35,37)/t24-,25-,26-,27+/m1/s1. The van der Waals surface area contributed by atoms with Crippen LogP contribution in [0.2, 0.25) is 0 Å². The Balaban J connectivity index is 1.53. The van der Waals surface area contributed by atoms with E-state index in [0.29, 0.717) is 6.61 Å². The molecular formula is C30H31F3N2O6. The minimum absolute atomic E-state index is 0.104. The Morgan fingerprint density at radius 3 is 1.73 bits per heavy atom. The zero-order valence-electron chi connectivity index (χ0n) is 22.1. The maximum Gasteiger partial charge on any atom is 0.472 e. The van der Waals surface area contributed by atoms with E-state index in [1.165, 1.54) is 5.43 Å². The number of hydrogen-bond donors (Lipinski definition) is 2. The molecule has 0 radical (unpaired) electrons. The summed E-state index contributed by atoms with van der Waals surface area (Å²) in [5.74, 6) is -4.30. The molecule has 0 aliphatic carbocycles. The van der Waals surface area contributed by atoms with Crippen molar-refractivity contribution in [3.05, 3.63) is 108 Å². The van der Waals surface area contributed by atoms with Gasteiger partial charge < -0.3 is 18.9 Å². The van der Waals surface area contributed by atoms with Gasteiger partial charge in [0.05, 0.1) is 39.0 Å². The lowest BCUT2D eigenvalue weighted by Gasteiger charge is -2.41. The minimum Gasteiger partial charge on any atom is -0.374 e. The molecule has 0 spiro atoms. The van der Waals surface area contributed by atoms with Crippen LogP contribution in [0.15, 0.2) is 91.0 Å². The Morgan fingerprint density at radius 1 is 0.732 bits per heavy atom. The van der Waals surface area contributed by atoms with E-state index in [9.17, 15) is 22.8 Å². The van der Waals surface area contributed by atoms with Crippen molar-refractivity contribution in [3.8, 4) is 0 Å². The van der Waals surface area contributed by atoms with Crippen LogP contribution in [0.5, 0.6) is 0 Å². The molecule has 1 saturated heterocycles. The Kier molecular flexibility index (Phi) is 10.9. The maximum absolute atomic E-state index is 13.0. The summed E-state index contributed by atoms with van der Waals surface area (Å²) < 4.78 is 62.5. The van der Waals surface area contributed by atoms with Gasteiger partial charge >= 0.3 is 12.1 Å². The second kappa shape index (κ2) is 14.7. The highest BCUT2D eigenvalue weighted by atomic mass is 19.4. The first-order valence-corrected chi connectivity index (χ1v) is 13.0. The number of rotatable bonds is 11. The van der Waals surface area contributed by atoms with Gasteiger partial charge in [-0.1, -0.05) is 91.0 Å². The number of alkyl halides is 3. The molecule has 41 heavy (non-hydrogen) atoms. The summed E-state index contributed by atoms with van der Waals surface area (Å²) in [5.41, 5.74) is 5.91. The summed E-state index contributed by atoms with van der Waals surface area (Å²) in [6, 6.07) is 28.1. The van der Waals surface area contributed by atoms with Crippen molar-refractivity contribution < 1.29 is 41.7 Å². The average Bonchev–Trinajstić information content (AvgIpc) is 2.99. The van der Waals surface area contributed by atoms with Crippen molar-refractivity contribution in [2.24, 2.45) is 5.92 Å². The lowest BCUT2D eigenvalue weighted by molar-refractivity contribution is -0.219. The van der Waals surface area contributed by atoms with Gasteiger partial charge in [0, 0.05) is 0 Å². The Bertz CT molecular complexity index is 1230. The largest absolute Gasteiger partial charge is 0.472 e. The van der Waals surface area contributed by atoms with E-state index in [1.54, 1.807) is 0 Å². The molecule has 0 unspecified atom stereocenters. The molecule has 11 heteroatoms. The molecule has 3 aromatic carbocycles. The number of ether oxygens (including phenoxy) is 4. The fourth-order valence-corrected chi connectivity index (χ4v) is 4.32. The third kappa shape index (κ3) is 9.12. The molecule has 2 amide bonds. The van der Waals surface area contributed by atoms with Gasteiger partial charge in [-0.3, -0.25) is 20.4 Å². The molecule has 1 heterocycles. The monoisotopic (exact) mass is 572 g/mol. The van der Waals surface area contributed by atoms with E-state index in [0.717, 1.165) is 16.7 Å². The highest BCUT2D eigenvalue weighted by Crippen LogP contribution is 2.29. The lowest BCUT2D eigenvalue weighted by Crippen LogP contribution is -2.60. The van der Waals surface area contributed by atoms with Gasteiger partial charge in [-0.15, -0.1) is 0 Å². The van der Waals surface area contributed by atoms with Crippen LogP contribution >= 0.6 is 0 Å². The predicted molar refractivity (Wildman–Crippen MR) is 142 cm³/mol. The topological polar surface area (TPSA) is 95.1 Å². The van der Waals surface area contributed by atoms with Crippen molar-refractivity contribution >= 4 is 11.8 Å². The average molecular weight is 573 g/mol. The first kappa shape index (κ1) is 30.2. The van der Waals surface area contributed by atoms with Gasteiger partial charge in [-0.25, -0.2) is 0 Å². The fraction of sp³-hybridized carbons (Fsp3) is 0.333. The Labute approximate surface area is 235 Å². The van der Waals surface area contributed by atoms with Crippen molar-refractivity contribution in [3.63, 3.8) is 0 Å². The molecule has 4 atom stereocenters. The van der Waals surface area contributed by atoms with Crippen molar-refractivity contribution in [1.82, 2.24) is 10.9 Å². The molecule has 8 nitrogen and oxygen atoms in total. The summed E-state index contributed by atoms with van der Waals surface area (Å²) in [4.78, 5) is 24.3. The SMILES string of the molecule is O=C(NNC(=O)C(F)(F)F)[C@@H]1CO[C@H](COCc2ccccc2)[C@H](OCc2ccccc2)[C@@H]1OCc1ccccc1. The smallest absolute Gasteiger partial charge is 0.374 e. The van der Waals surface area contributed by atoms with E-state index < -0.39 is 42.2 Å². The van der Waals surface area contributed by atoms with E-state index >= 15 is 0 Å². The molecule has 1 fully saturated rings. The molecule has 4 rings (SSSR count). The molecule has 0 saturated carbocycles. The number of hydrazine groups is 1. The molecule has 0 aromatic heterocycles. The summed E-state index contributed by atoms with van der Waals surface area (Å²) in [7, 11) is 0. The van der Waals surface area contributed by atoms with Gasteiger partial charge in [0.15, 0.2) is 0 Å². The van der Waals surface area contributed by atoms with Crippen LogP contribution < -0.4 is 10.9 Å². The number of nitrogens with one attached hydrogen (secondary N) is 2. The van der Waals surface area contributed by atoms with Crippen LogP contribution in [0.25, 0.3) is 0 Å². The number of hydrogen-bond acceptors (Lipinski definition) is 6. The number of carbonyl (C=O) groups excluding carboxylic acids is 2. The van der Waals surface area contributed by atoms with Crippen molar-refractivity contribution in [2.45, 2.75) is 44.3 Å². The third-order valence-electron chi connectivity index (χ3n) is 6.43. The second-order valence-corrected chi connectivity index (χ2v) is 9.44. The number of benzene rings is 3. The maximum atomic E-state index is 13.0. The lowest BCUT2D eigenvalue weighted by atomic mass is 9.91. The van der Waals surface area contributed by atoms with E-state index in [1.807, 2.05) is 96.4 Å². The van der Waals surface area contributed by atoms with Gasteiger partial charge in [-0.05, 0) is 16.7 Å². The molecule has 1 aliphatic heterocycles. The molecule has 218 valence electrons. The van der Waals surface area contributed by atoms with Crippen LogP contribution in [-0.4, -0.2) is 49.5 Å². The van der Waals surface area contributed by atoms with E-state index in [-0.39, 0.29) is 26.4 Å². The Hall–Kier alpha value is -3.77. The summed E-state index contributed by atoms with van der Waals surface area (Å²) in [5, 5.41) is 0. The fourth-order valence-electron chi connectivity index (χ4n) is 4.32. The van der Waals surface area contributed by atoms with Gasteiger partial charge in [0.1, 0.15) is 18.3 Å². The minimum atomic E-state index is -5.16. The third-order valence-corrected chi connectivity index (χ3v) is 6.43. The quantitative estimate of drug-likeness (QED) is 0.336. The summed E-state index contributed by atoms with van der Waals surface area (Å²) in [6.07, 6.45) is -7.60. The van der Waals surface area contributed by atoms with Gasteiger partial charge in [0.2, 0.25) is 5.91 Å². The van der Waals surface area contributed by atoms with Crippen LogP contribution in [0, 0.1) is 5.92 Å². The van der Waals surface area contributed by atoms with Crippen LogP contribution in [0.1, 0.15) is 16.7 Å². The zero-order chi connectivity index (χ0) is 29.1. The summed E-state index contributed by atoms with van der Waals surface area (Å²) in [6.45, 7) is 0.493. The first-order valence-electron chi connectivity index (χ1n) is 13.0. The number of carbonyl (C=O) groups is 2. The van der Waals surface area contributed by atoms with Crippen molar-refractivity contribution in [1.29, 1.82) is 0 Å². The number of amides is 2. The van der Waals surface area contributed by atoms with Crippen LogP contribution in [-0.2, 0) is 48.4 Å². The van der Waals surface area contributed by atoms with E-state index in [4.69, 9.17) is 18.9 Å².